The highest BCUT2D eigenvalue weighted by Crippen LogP contribution is 2.23. The molecule has 0 radical (unpaired) electrons. The van der Waals surface area contributed by atoms with Crippen LogP contribution in [-0.4, -0.2) is 25.1 Å². The minimum Gasteiger partial charge on any atom is -0.494 e. The highest BCUT2D eigenvalue weighted by atomic mass is 35.5. The quantitative estimate of drug-likeness (QED) is 0.773. The van der Waals surface area contributed by atoms with Gasteiger partial charge in [-0.15, -0.1) is 0 Å². The Labute approximate surface area is 156 Å². The zero-order chi connectivity index (χ0) is 19.3. The molecule has 1 N–H and O–H groups in total. The molecule has 0 aromatic heterocycles. The van der Waals surface area contributed by atoms with Crippen LogP contribution in [0.2, 0.25) is 5.02 Å². The van der Waals surface area contributed by atoms with E-state index in [0.29, 0.717) is 16.3 Å². The number of carbonyl (C=O) groups is 2. The lowest BCUT2D eigenvalue weighted by Crippen LogP contribution is -2.30. The minimum absolute atomic E-state index is 0.0896. The molecular weight excluding hydrogens is 361 g/mol. The Morgan fingerprint density at radius 3 is 2.65 bits per heavy atom. The number of hydrogen-bond donors (Lipinski definition) is 1. The maximum Gasteiger partial charge on any atom is 0.311 e. The van der Waals surface area contributed by atoms with Crippen molar-refractivity contribution in [1.29, 1.82) is 0 Å². The van der Waals surface area contributed by atoms with E-state index in [-0.39, 0.29) is 12.2 Å². The van der Waals surface area contributed by atoms with Gasteiger partial charge >= 0.3 is 5.97 Å². The maximum atomic E-state index is 13.7. The Bertz CT molecular complexity index is 825. The van der Waals surface area contributed by atoms with Gasteiger partial charge in [0.15, 0.2) is 17.7 Å². The summed E-state index contributed by atoms with van der Waals surface area (Å²) in [7, 11) is 1.36. The summed E-state index contributed by atoms with van der Waals surface area (Å²) in [6.07, 6.45) is -1.17. The molecule has 0 aliphatic carbocycles. The largest absolute Gasteiger partial charge is 0.494 e. The summed E-state index contributed by atoms with van der Waals surface area (Å²) in [6, 6.07) is 9.30. The molecule has 0 spiro atoms. The van der Waals surface area contributed by atoms with Crippen LogP contribution in [0, 0.1) is 12.7 Å². The molecule has 0 heterocycles. The predicted molar refractivity (Wildman–Crippen MR) is 97.0 cm³/mol. The minimum atomic E-state index is -1.01. The van der Waals surface area contributed by atoms with Gasteiger partial charge in [0.2, 0.25) is 0 Å². The molecule has 2 aromatic rings. The normalized spacial score (nSPS) is 11.6. The fourth-order valence-corrected chi connectivity index (χ4v) is 2.43. The summed E-state index contributed by atoms with van der Waals surface area (Å²) in [6.45, 7) is 3.23. The third kappa shape index (κ3) is 4.95. The van der Waals surface area contributed by atoms with E-state index in [9.17, 15) is 14.0 Å². The molecule has 0 aliphatic heterocycles. The van der Waals surface area contributed by atoms with E-state index in [2.05, 4.69) is 5.32 Å². The van der Waals surface area contributed by atoms with Gasteiger partial charge in [-0.1, -0.05) is 23.7 Å². The summed E-state index contributed by atoms with van der Waals surface area (Å²) in [5.74, 6) is -1.60. The molecule has 0 aliphatic rings. The van der Waals surface area contributed by atoms with Crippen molar-refractivity contribution in [3.63, 3.8) is 0 Å². The van der Waals surface area contributed by atoms with Crippen molar-refractivity contribution in [2.45, 2.75) is 26.4 Å². The van der Waals surface area contributed by atoms with Crippen molar-refractivity contribution in [3.8, 4) is 5.75 Å². The van der Waals surface area contributed by atoms with Gasteiger partial charge in [-0.25, -0.2) is 4.39 Å². The SMILES string of the molecule is COc1ccc(CC(=O)O[C@H](C)C(=O)Nc2cccc(Cl)c2C)cc1F. The van der Waals surface area contributed by atoms with Gasteiger partial charge in [0.1, 0.15) is 0 Å². The van der Waals surface area contributed by atoms with Gasteiger partial charge in [-0.3, -0.25) is 9.59 Å². The summed E-state index contributed by atoms with van der Waals surface area (Å²) in [5, 5.41) is 3.19. The first kappa shape index (κ1) is 19.7. The highest BCUT2D eigenvalue weighted by Gasteiger charge is 2.19. The molecule has 138 valence electrons. The van der Waals surface area contributed by atoms with Crippen LogP contribution in [0.5, 0.6) is 5.75 Å². The molecule has 7 heteroatoms. The van der Waals surface area contributed by atoms with Crippen molar-refractivity contribution in [1.82, 2.24) is 0 Å². The van der Waals surface area contributed by atoms with Gasteiger partial charge in [0.05, 0.1) is 13.5 Å². The van der Waals surface area contributed by atoms with Crippen molar-refractivity contribution < 1.29 is 23.5 Å². The molecule has 0 saturated carbocycles. The average molecular weight is 380 g/mol. The number of nitrogens with one attached hydrogen (secondary N) is 1. The lowest BCUT2D eigenvalue weighted by atomic mass is 10.1. The summed E-state index contributed by atoms with van der Waals surface area (Å²) < 4.78 is 23.6. The number of rotatable bonds is 6. The van der Waals surface area contributed by atoms with Crippen molar-refractivity contribution in [2.24, 2.45) is 0 Å². The van der Waals surface area contributed by atoms with Gasteiger partial charge in [0, 0.05) is 10.7 Å². The topological polar surface area (TPSA) is 64.6 Å². The first-order chi connectivity index (χ1) is 12.3. The van der Waals surface area contributed by atoms with Crippen LogP contribution in [0.3, 0.4) is 0 Å². The molecule has 0 fully saturated rings. The van der Waals surface area contributed by atoms with E-state index < -0.39 is 23.8 Å². The monoisotopic (exact) mass is 379 g/mol. The molecule has 0 unspecified atom stereocenters. The van der Waals surface area contributed by atoms with Crippen LogP contribution in [-0.2, 0) is 20.7 Å². The fourth-order valence-electron chi connectivity index (χ4n) is 2.26. The Hall–Kier alpha value is -2.60. The van der Waals surface area contributed by atoms with Crippen LogP contribution >= 0.6 is 11.6 Å². The Balaban J connectivity index is 1.94. The third-order valence-electron chi connectivity index (χ3n) is 3.77. The van der Waals surface area contributed by atoms with Crippen LogP contribution in [0.25, 0.3) is 0 Å². The molecule has 2 rings (SSSR count). The lowest BCUT2D eigenvalue weighted by molar-refractivity contribution is -0.152. The predicted octanol–water partition coefficient (Wildman–Crippen LogP) is 3.91. The zero-order valence-electron chi connectivity index (χ0n) is 14.6. The Kier molecular flexibility index (Phi) is 6.58. The second kappa shape index (κ2) is 8.67. The number of amides is 1. The number of halogens is 2. The molecule has 0 saturated heterocycles. The Morgan fingerprint density at radius 1 is 1.27 bits per heavy atom. The van der Waals surface area contributed by atoms with Gasteiger partial charge in [0.25, 0.3) is 5.91 Å². The number of ether oxygens (including phenoxy) is 2. The summed E-state index contributed by atoms with van der Waals surface area (Å²) in [4.78, 5) is 24.2. The molecular formula is C19H19ClFNO4. The average Bonchev–Trinajstić information content (AvgIpc) is 2.59. The number of anilines is 1. The van der Waals surface area contributed by atoms with E-state index in [4.69, 9.17) is 21.1 Å². The lowest BCUT2D eigenvalue weighted by Gasteiger charge is -2.15. The van der Waals surface area contributed by atoms with Crippen molar-refractivity contribution in [3.05, 3.63) is 58.4 Å². The van der Waals surface area contributed by atoms with E-state index in [1.807, 2.05) is 0 Å². The fraction of sp³-hybridized carbons (Fsp3) is 0.263. The first-order valence-corrected chi connectivity index (χ1v) is 8.27. The molecule has 1 amide bonds. The summed E-state index contributed by atoms with van der Waals surface area (Å²) >= 11 is 6.01. The van der Waals surface area contributed by atoms with Gasteiger partial charge in [-0.05, 0) is 49.2 Å². The Morgan fingerprint density at radius 2 is 2.00 bits per heavy atom. The third-order valence-corrected chi connectivity index (χ3v) is 4.18. The smallest absolute Gasteiger partial charge is 0.311 e. The maximum absolute atomic E-state index is 13.7. The molecule has 26 heavy (non-hydrogen) atoms. The van der Waals surface area contributed by atoms with Gasteiger partial charge < -0.3 is 14.8 Å². The van der Waals surface area contributed by atoms with E-state index in [0.717, 1.165) is 5.56 Å². The number of benzene rings is 2. The number of carbonyl (C=O) groups excluding carboxylic acids is 2. The molecule has 1 atom stereocenters. The van der Waals surface area contributed by atoms with E-state index in [1.54, 1.807) is 31.2 Å². The first-order valence-electron chi connectivity index (χ1n) is 7.89. The molecule has 5 nitrogen and oxygen atoms in total. The second-order valence-corrected chi connectivity index (χ2v) is 6.09. The molecule has 2 aromatic carbocycles. The van der Waals surface area contributed by atoms with Crippen molar-refractivity contribution in [2.75, 3.05) is 12.4 Å². The standard InChI is InChI=1S/C19H19ClFNO4/c1-11-14(20)5-4-6-16(11)22-19(24)12(2)26-18(23)10-13-7-8-17(25-3)15(21)9-13/h4-9,12H,10H2,1-3H3,(H,22,24)/t12-/m1/s1. The second-order valence-electron chi connectivity index (χ2n) is 5.68. The van der Waals surface area contributed by atoms with Crippen LogP contribution in [0.4, 0.5) is 10.1 Å². The van der Waals surface area contributed by atoms with Gasteiger partial charge in [-0.2, -0.15) is 0 Å². The summed E-state index contributed by atoms with van der Waals surface area (Å²) in [5.41, 5.74) is 1.68. The number of methoxy groups -OCH3 is 1. The van der Waals surface area contributed by atoms with E-state index >= 15 is 0 Å². The van der Waals surface area contributed by atoms with Crippen molar-refractivity contribution >= 4 is 29.2 Å². The highest BCUT2D eigenvalue weighted by molar-refractivity contribution is 6.31. The van der Waals surface area contributed by atoms with Crippen LogP contribution in [0.15, 0.2) is 36.4 Å². The van der Waals surface area contributed by atoms with E-state index in [1.165, 1.54) is 26.2 Å². The number of hydrogen-bond acceptors (Lipinski definition) is 4. The van der Waals surface area contributed by atoms with Crippen LogP contribution in [0.1, 0.15) is 18.1 Å². The number of esters is 1. The van der Waals surface area contributed by atoms with Crippen LogP contribution < -0.4 is 10.1 Å². The molecule has 0 bridgehead atoms. The zero-order valence-corrected chi connectivity index (χ0v) is 15.4.